The largest absolute Gasteiger partial charge is 0.449 e. The Bertz CT molecular complexity index is 1290. The third-order valence-corrected chi connectivity index (χ3v) is 7.27. The highest BCUT2D eigenvalue weighted by Crippen LogP contribution is 2.44. The quantitative estimate of drug-likeness (QED) is 0.495. The van der Waals surface area contributed by atoms with Gasteiger partial charge in [0.15, 0.2) is 0 Å². The molecule has 0 heterocycles. The zero-order valence-corrected chi connectivity index (χ0v) is 19.4. The van der Waals surface area contributed by atoms with Gasteiger partial charge < -0.3 is 15.4 Å². The standard InChI is InChI=1S/C25H25FN2O4S/c1-15-17(12-23(27-3)16(2)24(15)33(26,30)31)13-28-25(29)32-14-22-20-10-6-4-8-18(20)19-9-5-7-11-21(19)22/h4-12,22,27H,13-14H2,1-3H3,(H,28,29). The molecule has 3 aromatic rings. The summed E-state index contributed by atoms with van der Waals surface area (Å²) in [5.41, 5.74) is 6.00. The molecule has 8 heteroatoms. The molecule has 0 aromatic heterocycles. The third kappa shape index (κ3) is 4.30. The topological polar surface area (TPSA) is 84.5 Å². The number of alkyl carbamates (subject to hydrolysis) is 1. The minimum Gasteiger partial charge on any atom is -0.449 e. The molecule has 0 bridgehead atoms. The number of benzene rings is 3. The van der Waals surface area contributed by atoms with Crippen LogP contribution in [0, 0.1) is 13.8 Å². The molecule has 0 unspecified atom stereocenters. The molecule has 1 aliphatic carbocycles. The number of fused-ring (bicyclic) bond motifs is 3. The van der Waals surface area contributed by atoms with Gasteiger partial charge in [-0.15, -0.1) is 3.89 Å². The van der Waals surface area contributed by atoms with Crippen molar-refractivity contribution in [3.63, 3.8) is 0 Å². The van der Waals surface area contributed by atoms with E-state index in [-0.39, 0.29) is 29.5 Å². The normalized spacial score (nSPS) is 12.7. The number of hydrogen-bond acceptors (Lipinski definition) is 5. The number of carbonyl (C=O) groups is 1. The zero-order valence-electron chi connectivity index (χ0n) is 18.6. The van der Waals surface area contributed by atoms with Gasteiger partial charge in [-0.25, -0.2) is 4.79 Å². The maximum Gasteiger partial charge on any atom is 0.407 e. The van der Waals surface area contributed by atoms with Crippen molar-refractivity contribution in [2.24, 2.45) is 0 Å². The summed E-state index contributed by atoms with van der Waals surface area (Å²) in [6.45, 7) is 3.22. The summed E-state index contributed by atoms with van der Waals surface area (Å²) in [6.07, 6.45) is -0.632. The molecule has 6 nitrogen and oxygen atoms in total. The molecule has 0 spiro atoms. The lowest BCUT2D eigenvalue weighted by Gasteiger charge is -2.17. The number of rotatable bonds is 6. The van der Waals surface area contributed by atoms with Gasteiger partial charge in [-0.2, -0.15) is 8.42 Å². The van der Waals surface area contributed by atoms with Gasteiger partial charge in [0.05, 0.1) is 0 Å². The van der Waals surface area contributed by atoms with Crippen LogP contribution in [0.3, 0.4) is 0 Å². The van der Waals surface area contributed by atoms with Crippen molar-refractivity contribution < 1.29 is 21.8 Å². The molecule has 0 radical (unpaired) electrons. The predicted molar refractivity (Wildman–Crippen MR) is 126 cm³/mol. The van der Waals surface area contributed by atoms with E-state index in [2.05, 4.69) is 22.8 Å². The first-order valence-corrected chi connectivity index (χ1v) is 11.9. The summed E-state index contributed by atoms with van der Waals surface area (Å²) in [4.78, 5) is 12.1. The lowest BCUT2D eigenvalue weighted by molar-refractivity contribution is 0.142. The highest BCUT2D eigenvalue weighted by Gasteiger charge is 2.29. The summed E-state index contributed by atoms with van der Waals surface area (Å²) in [6, 6.07) is 17.8. The molecule has 0 saturated carbocycles. The lowest BCUT2D eigenvalue weighted by Crippen LogP contribution is -2.26. The van der Waals surface area contributed by atoms with Gasteiger partial charge in [0.1, 0.15) is 11.5 Å². The van der Waals surface area contributed by atoms with Crippen molar-refractivity contribution in [2.75, 3.05) is 19.0 Å². The SMILES string of the molecule is CNc1cc(CNC(=O)OCC2c3ccccc3-c3ccccc32)c(C)c(S(=O)(=O)F)c1C. The van der Waals surface area contributed by atoms with E-state index < -0.39 is 16.3 Å². The Morgan fingerprint density at radius 2 is 1.58 bits per heavy atom. The first kappa shape index (κ1) is 22.8. The van der Waals surface area contributed by atoms with Crippen molar-refractivity contribution in [1.29, 1.82) is 0 Å². The fraction of sp³-hybridized carbons (Fsp3) is 0.240. The van der Waals surface area contributed by atoms with Gasteiger partial charge in [0.25, 0.3) is 0 Å². The maximum absolute atomic E-state index is 13.9. The molecule has 4 rings (SSSR count). The van der Waals surface area contributed by atoms with Crippen molar-refractivity contribution in [3.8, 4) is 11.1 Å². The van der Waals surface area contributed by atoms with Crippen LogP contribution in [-0.4, -0.2) is 28.2 Å². The molecular weight excluding hydrogens is 443 g/mol. The Kier molecular flexibility index (Phi) is 6.12. The molecule has 172 valence electrons. The monoisotopic (exact) mass is 468 g/mol. The van der Waals surface area contributed by atoms with Crippen LogP contribution in [0.5, 0.6) is 0 Å². The molecule has 2 N–H and O–H groups in total. The first-order valence-electron chi connectivity index (χ1n) is 10.6. The van der Waals surface area contributed by atoms with E-state index in [1.54, 1.807) is 13.1 Å². The van der Waals surface area contributed by atoms with Crippen LogP contribution in [0.25, 0.3) is 11.1 Å². The minimum absolute atomic E-state index is 0.0000126. The summed E-state index contributed by atoms with van der Waals surface area (Å²) in [5.74, 6) is -0.0663. The number of ether oxygens (including phenoxy) is 1. The smallest absolute Gasteiger partial charge is 0.407 e. The maximum atomic E-state index is 13.9. The summed E-state index contributed by atoms with van der Waals surface area (Å²) in [5, 5.41) is 5.52. The van der Waals surface area contributed by atoms with Gasteiger partial charge in [-0.1, -0.05) is 48.5 Å². The van der Waals surface area contributed by atoms with Crippen molar-refractivity contribution in [1.82, 2.24) is 5.32 Å². The molecular formula is C25H25FN2O4S. The van der Waals surface area contributed by atoms with E-state index in [1.165, 1.54) is 13.8 Å². The number of anilines is 1. The molecule has 0 saturated heterocycles. The van der Waals surface area contributed by atoms with E-state index in [4.69, 9.17) is 4.74 Å². The molecule has 33 heavy (non-hydrogen) atoms. The van der Waals surface area contributed by atoms with Gasteiger partial charge in [-0.3, -0.25) is 0 Å². The number of amides is 1. The molecule has 1 aliphatic rings. The number of carbonyl (C=O) groups excluding carboxylic acids is 1. The fourth-order valence-corrected chi connectivity index (χ4v) is 5.54. The molecule has 1 amide bonds. The number of halogens is 1. The fourth-order valence-electron chi connectivity index (χ4n) is 4.57. The average Bonchev–Trinajstić information content (AvgIpc) is 3.10. The second kappa shape index (κ2) is 8.86. The Hall–Kier alpha value is -3.39. The van der Waals surface area contributed by atoms with E-state index in [0.29, 0.717) is 16.8 Å². The van der Waals surface area contributed by atoms with Crippen LogP contribution < -0.4 is 10.6 Å². The average molecular weight is 469 g/mol. The lowest BCUT2D eigenvalue weighted by atomic mass is 9.98. The molecule has 3 aromatic carbocycles. The molecule has 0 atom stereocenters. The van der Waals surface area contributed by atoms with Gasteiger partial charge in [0, 0.05) is 25.2 Å². The van der Waals surface area contributed by atoms with E-state index in [0.717, 1.165) is 22.3 Å². The van der Waals surface area contributed by atoms with Crippen LogP contribution >= 0.6 is 0 Å². The molecule has 0 fully saturated rings. The number of hydrogen-bond donors (Lipinski definition) is 2. The second-order valence-corrected chi connectivity index (χ2v) is 9.31. The van der Waals surface area contributed by atoms with E-state index in [1.807, 2.05) is 36.4 Å². The predicted octanol–water partition coefficient (Wildman–Crippen LogP) is 5.04. The van der Waals surface area contributed by atoms with Crippen LogP contribution in [0.1, 0.15) is 33.7 Å². The summed E-state index contributed by atoms with van der Waals surface area (Å²) < 4.78 is 42.8. The Morgan fingerprint density at radius 1 is 1.00 bits per heavy atom. The minimum atomic E-state index is -4.92. The van der Waals surface area contributed by atoms with E-state index >= 15 is 0 Å². The van der Waals surface area contributed by atoms with Gasteiger partial charge in [-0.05, 0) is 58.9 Å². The van der Waals surface area contributed by atoms with Gasteiger partial charge >= 0.3 is 16.3 Å². The number of nitrogens with one attached hydrogen (secondary N) is 2. The van der Waals surface area contributed by atoms with Crippen molar-refractivity contribution in [2.45, 2.75) is 31.2 Å². The highest BCUT2D eigenvalue weighted by atomic mass is 32.3. The van der Waals surface area contributed by atoms with Crippen LogP contribution in [-0.2, 0) is 21.5 Å². The second-order valence-electron chi connectivity index (χ2n) is 8.03. The van der Waals surface area contributed by atoms with E-state index in [9.17, 15) is 17.1 Å². The molecule has 0 aliphatic heterocycles. The third-order valence-electron chi connectivity index (χ3n) is 6.17. The van der Waals surface area contributed by atoms with Crippen LogP contribution in [0.15, 0.2) is 59.5 Å². The van der Waals surface area contributed by atoms with Crippen molar-refractivity contribution in [3.05, 3.63) is 82.4 Å². The zero-order chi connectivity index (χ0) is 23.8. The summed E-state index contributed by atoms with van der Waals surface area (Å²) >= 11 is 0. The van der Waals surface area contributed by atoms with Crippen LogP contribution in [0.4, 0.5) is 14.4 Å². The van der Waals surface area contributed by atoms with Crippen molar-refractivity contribution >= 4 is 22.0 Å². The van der Waals surface area contributed by atoms with Crippen LogP contribution in [0.2, 0.25) is 0 Å². The Labute approximate surface area is 193 Å². The Morgan fingerprint density at radius 3 is 2.12 bits per heavy atom. The summed E-state index contributed by atoms with van der Waals surface area (Å²) in [7, 11) is -3.30. The Balaban J connectivity index is 1.48. The first-order chi connectivity index (χ1) is 15.7. The van der Waals surface area contributed by atoms with Gasteiger partial charge in [0.2, 0.25) is 0 Å². The highest BCUT2D eigenvalue weighted by molar-refractivity contribution is 7.86.